The second-order valence-electron chi connectivity index (χ2n) is 5.26. The maximum Gasteiger partial charge on any atom is 0.418 e. The Kier molecular flexibility index (Phi) is 5.82. The molecular formula is C18H17F3N2O3. The predicted octanol–water partition coefficient (Wildman–Crippen LogP) is 4.21. The number of nitrogens with zero attached hydrogens (tertiary/aromatic N) is 1. The third-order valence-electron chi connectivity index (χ3n) is 3.66. The summed E-state index contributed by atoms with van der Waals surface area (Å²) in [6.07, 6.45) is -4.58. The summed E-state index contributed by atoms with van der Waals surface area (Å²) in [5, 5.41) is 11.6. The molecule has 1 N–H and O–H groups in total. The van der Waals surface area contributed by atoms with Crippen LogP contribution in [0.25, 0.3) is 0 Å². The Balaban J connectivity index is 2.33. The van der Waals surface area contributed by atoms with Gasteiger partial charge in [-0.15, -0.1) is 0 Å². The van der Waals surface area contributed by atoms with Gasteiger partial charge < -0.3 is 19.5 Å². The highest BCUT2D eigenvalue weighted by atomic mass is 19.4. The van der Waals surface area contributed by atoms with Gasteiger partial charge in [0.2, 0.25) is 5.75 Å². The predicted molar refractivity (Wildman–Crippen MR) is 89.6 cm³/mol. The first-order chi connectivity index (χ1) is 12.3. The zero-order valence-corrected chi connectivity index (χ0v) is 14.4. The van der Waals surface area contributed by atoms with Crippen LogP contribution in [-0.4, -0.2) is 21.3 Å². The molecule has 0 atom stereocenters. The highest BCUT2D eigenvalue weighted by molar-refractivity contribution is 5.58. The van der Waals surface area contributed by atoms with E-state index in [1.165, 1.54) is 33.5 Å². The van der Waals surface area contributed by atoms with E-state index < -0.39 is 11.7 Å². The number of methoxy groups -OCH3 is 3. The summed E-state index contributed by atoms with van der Waals surface area (Å²) >= 11 is 0. The number of benzene rings is 2. The lowest BCUT2D eigenvalue weighted by Gasteiger charge is -2.17. The molecule has 0 heterocycles. The van der Waals surface area contributed by atoms with E-state index in [-0.39, 0.29) is 17.8 Å². The lowest BCUT2D eigenvalue weighted by atomic mass is 10.1. The lowest BCUT2D eigenvalue weighted by molar-refractivity contribution is -0.137. The summed E-state index contributed by atoms with van der Waals surface area (Å²) in [6.45, 7) is 0.0890. The maximum atomic E-state index is 13.2. The number of hydrogen-bond donors (Lipinski definition) is 1. The van der Waals surface area contributed by atoms with Crippen LogP contribution in [0.5, 0.6) is 17.2 Å². The number of rotatable bonds is 6. The van der Waals surface area contributed by atoms with Gasteiger partial charge in [0.15, 0.2) is 11.5 Å². The van der Waals surface area contributed by atoms with Crippen LogP contribution < -0.4 is 19.5 Å². The molecule has 0 spiro atoms. The van der Waals surface area contributed by atoms with Gasteiger partial charge in [-0.1, -0.05) is 0 Å². The van der Waals surface area contributed by atoms with Crippen LogP contribution in [-0.2, 0) is 12.7 Å². The first-order valence-electron chi connectivity index (χ1n) is 7.48. The molecule has 2 aromatic rings. The molecular weight excluding hydrogens is 349 g/mol. The van der Waals surface area contributed by atoms with Crippen molar-refractivity contribution in [2.45, 2.75) is 12.7 Å². The van der Waals surface area contributed by atoms with Crippen molar-refractivity contribution in [3.63, 3.8) is 0 Å². The number of nitriles is 1. The van der Waals surface area contributed by atoms with E-state index in [1.54, 1.807) is 18.2 Å². The van der Waals surface area contributed by atoms with Crippen LogP contribution in [0.3, 0.4) is 0 Å². The third kappa shape index (κ3) is 4.11. The normalized spacial score (nSPS) is 10.8. The summed E-state index contributed by atoms with van der Waals surface area (Å²) in [5.41, 5.74) is -0.443. The van der Waals surface area contributed by atoms with Gasteiger partial charge in [0.1, 0.15) is 0 Å². The molecule has 0 aliphatic heterocycles. The van der Waals surface area contributed by atoms with Gasteiger partial charge in [0.25, 0.3) is 0 Å². The minimum absolute atomic E-state index is 0.0596. The SMILES string of the molecule is COc1cc(CNc2ccc(C#N)cc2C(F)(F)F)cc(OC)c1OC. The fourth-order valence-electron chi connectivity index (χ4n) is 2.44. The summed E-state index contributed by atoms with van der Waals surface area (Å²) in [6, 6.07) is 8.38. The van der Waals surface area contributed by atoms with Crippen LogP contribution in [0.1, 0.15) is 16.7 Å². The van der Waals surface area contributed by atoms with Crippen molar-refractivity contribution in [2.75, 3.05) is 26.6 Å². The summed E-state index contributed by atoms with van der Waals surface area (Å²) in [4.78, 5) is 0. The van der Waals surface area contributed by atoms with Crippen molar-refractivity contribution < 1.29 is 27.4 Å². The van der Waals surface area contributed by atoms with Gasteiger partial charge in [-0.3, -0.25) is 0 Å². The third-order valence-corrected chi connectivity index (χ3v) is 3.66. The second kappa shape index (κ2) is 7.87. The molecule has 26 heavy (non-hydrogen) atoms. The molecule has 0 saturated heterocycles. The van der Waals surface area contributed by atoms with E-state index in [2.05, 4.69) is 5.32 Å². The van der Waals surface area contributed by atoms with Gasteiger partial charge in [-0.2, -0.15) is 18.4 Å². The molecule has 0 aliphatic carbocycles. The van der Waals surface area contributed by atoms with Crippen LogP contribution in [0, 0.1) is 11.3 Å². The van der Waals surface area contributed by atoms with E-state index in [0.29, 0.717) is 22.8 Å². The summed E-state index contributed by atoms with van der Waals surface area (Å²) < 4.78 is 55.3. The van der Waals surface area contributed by atoms with Crippen molar-refractivity contribution in [1.82, 2.24) is 0 Å². The topological polar surface area (TPSA) is 63.5 Å². The molecule has 5 nitrogen and oxygen atoms in total. The van der Waals surface area contributed by atoms with E-state index in [1.807, 2.05) is 0 Å². The Bertz CT molecular complexity index is 804. The fraction of sp³-hybridized carbons (Fsp3) is 0.278. The lowest BCUT2D eigenvalue weighted by Crippen LogP contribution is -2.11. The van der Waals surface area contributed by atoms with Gasteiger partial charge in [-0.25, -0.2) is 0 Å². The largest absolute Gasteiger partial charge is 0.493 e. The molecule has 0 aromatic heterocycles. The molecule has 2 rings (SSSR count). The van der Waals surface area contributed by atoms with Crippen LogP contribution in [0.2, 0.25) is 0 Å². The molecule has 0 radical (unpaired) electrons. The molecule has 0 aliphatic rings. The van der Waals surface area contributed by atoms with Gasteiger partial charge in [-0.05, 0) is 35.9 Å². The Hall–Kier alpha value is -3.08. The molecule has 0 saturated carbocycles. The standard InChI is InChI=1S/C18H17F3N2O3/c1-24-15-7-12(8-16(25-2)17(15)26-3)10-23-14-5-4-11(9-22)6-13(14)18(19,20)21/h4-8,23H,10H2,1-3H3. The Morgan fingerprint density at radius 3 is 2.08 bits per heavy atom. The molecule has 0 unspecified atom stereocenters. The summed E-state index contributed by atoms with van der Waals surface area (Å²) in [7, 11) is 4.37. The maximum absolute atomic E-state index is 13.2. The fourth-order valence-corrected chi connectivity index (χ4v) is 2.44. The van der Waals surface area contributed by atoms with Crippen molar-refractivity contribution >= 4 is 5.69 Å². The average Bonchev–Trinajstić information content (AvgIpc) is 2.64. The van der Waals surface area contributed by atoms with Crippen LogP contribution in [0.15, 0.2) is 30.3 Å². The Morgan fingerprint density at radius 1 is 1.00 bits per heavy atom. The highest BCUT2D eigenvalue weighted by Crippen LogP contribution is 2.39. The monoisotopic (exact) mass is 366 g/mol. The smallest absolute Gasteiger partial charge is 0.418 e. The number of anilines is 1. The molecule has 0 bridgehead atoms. The van der Waals surface area contributed by atoms with Crippen molar-refractivity contribution in [2.24, 2.45) is 0 Å². The zero-order chi connectivity index (χ0) is 19.3. The molecule has 0 fully saturated rings. The number of ether oxygens (including phenoxy) is 3. The first kappa shape index (κ1) is 19.2. The van der Waals surface area contributed by atoms with E-state index in [4.69, 9.17) is 19.5 Å². The molecule has 138 valence electrons. The molecule has 8 heteroatoms. The van der Waals surface area contributed by atoms with E-state index >= 15 is 0 Å². The van der Waals surface area contributed by atoms with Crippen molar-refractivity contribution in [3.05, 3.63) is 47.0 Å². The molecule has 0 amide bonds. The zero-order valence-electron chi connectivity index (χ0n) is 14.4. The summed E-state index contributed by atoms with van der Waals surface area (Å²) in [5.74, 6) is 1.20. The average molecular weight is 366 g/mol. The number of nitrogens with one attached hydrogen (secondary N) is 1. The first-order valence-corrected chi connectivity index (χ1v) is 7.48. The minimum atomic E-state index is -4.58. The molecule has 2 aromatic carbocycles. The van der Waals surface area contributed by atoms with Gasteiger partial charge in [0, 0.05) is 12.2 Å². The van der Waals surface area contributed by atoms with Crippen molar-refractivity contribution in [1.29, 1.82) is 5.26 Å². The second-order valence-corrected chi connectivity index (χ2v) is 5.26. The van der Waals surface area contributed by atoms with Gasteiger partial charge >= 0.3 is 6.18 Å². The van der Waals surface area contributed by atoms with E-state index in [0.717, 1.165) is 6.07 Å². The Morgan fingerprint density at radius 2 is 1.62 bits per heavy atom. The number of halogens is 3. The van der Waals surface area contributed by atoms with Gasteiger partial charge in [0.05, 0.1) is 38.5 Å². The van der Waals surface area contributed by atoms with E-state index in [9.17, 15) is 13.2 Å². The van der Waals surface area contributed by atoms with Crippen LogP contribution >= 0.6 is 0 Å². The Labute approximate surface area is 148 Å². The quantitative estimate of drug-likeness (QED) is 0.830. The van der Waals surface area contributed by atoms with Crippen molar-refractivity contribution in [3.8, 4) is 23.3 Å². The highest BCUT2D eigenvalue weighted by Gasteiger charge is 2.33. The minimum Gasteiger partial charge on any atom is -0.493 e. The number of hydrogen-bond acceptors (Lipinski definition) is 5. The number of alkyl halides is 3. The van der Waals surface area contributed by atoms with Crippen LogP contribution in [0.4, 0.5) is 18.9 Å².